The fourth-order valence-corrected chi connectivity index (χ4v) is 0.649. The lowest BCUT2D eigenvalue weighted by Crippen LogP contribution is -2.23. The van der Waals surface area contributed by atoms with Crippen molar-refractivity contribution in [3.63, 3.8) is 0 Å². The van der Waals surface area contributed by atoms with Crippen LogP contribution in [0.3, 0.4) is 0 Å². The van der Waals surface area contributed by atoms with E-state index in [2.05, 4.69) is 9.47 Å². The van der Waals surface area contributed by atoms with Crippen molar-refractivity contribution in [2.45, 2.75) is 33.3 Å². The minimum Gasteiger partial charge on any atom is -0.435 e. The van der Waals surface area contributed by atoms with Gasteiger partial charge in [-0.15, -0.1) is 0 Å². The van der Waals surface area contributed by atoms with E-state index >= 15 is 0 Å². The Labute approximate surface area is 71.8 Å². The Morgan fingerprint density at radius 1 is 1.33 bits per heavy atom. The van der Waals surface area contributed by atoms with Crippen molar-refractivity contribution in [1.29, 1.82) is 0 Å². The smallest absolute Gasteiger partial charge is 0.435 e. The molecule has 70 valence electrons. The summed E-state index contributed by atoms with van der Waals surface area (Å²) in [6, 6.07) is 0. The van der Waals surface area contributed by atoms with E-state index in [4.69, 9.17) is 0 Å². The summed E-state index contributed by atoms with van der Waals surface area (Å²) in [4.78, 5) is 21.6. The zero-order chi connectivity index (χ0) is 9.56. The topological polar surface area (TPSA) is 52.6 Å². The van der Waals surface area contributed by atoms with E-state index in [-0.39, 0.29) is 12.4 Å². The van der Waals surface area contributed by atoms with Gasteiger partial charge in [0.15, 0.2) is 11.9 Å². The molecule has 0 fully saturated rings. The van der Waals surface area contributed by atoms with E-state index in [9.17, 15) is 9.59 Å². The second-order valence-corrected chi connectivity index (χ2v) is 2.26. The minimum absolute atomic E-state index is 0.108. The fraction of sp³-hybridized carbons (Fsp3) is 0.750. The van der Waals surface area contributed by atoms with Gasteiger partial charge in [-0.05, 0) is 13.8 Å². The molecule has 0 aromatic heterocycles. The first kappa shape index (κ1) is 10.9. The number of rotatable bonds is 4. The van der Waals surface area contributed by atoms with Crippen LogP contribution in [-0.4, -0.2) is 24.6 Å². The summed E-state index contributed by atoms with van der Waals surface area (Å²) in [7, 11) is 0. The van der Waals surface area contributed by atoms with Crippen LogP contribution in [0.5, 0.6) is 0 Å². The molecule has 0 aromatic carbocycles. The Morgan fingerprint density at radius 3 is 2.33 bits per heavy atom. The summed E-state index contributed by atoms with van der Waals surface area (Å²) in [5.41, 5.74) is 0. The van der Waals surface area contributed by atoms with Crippen molar-refractivity contribution in [1.82, 2.24) is 0 Å². The summed E-state index contributed by atoms with van der Waals surface area (Å²) in [6.07, 6.45) is -1.12. The third-order valence-electron chi connectivity index (χ3n) is 1.34. The van der Waals surface area contributed by atoms with Gasteiger partial charge in [0.25, 0.3) is 0 Å². The van der Waals surface area contributed by atoms with Crippen molar-refractivity contribution >= 4 is 11.9 Å². The molecule has 0 aromatic rings. The first-order valence-corrected chi connectivity index (χ1v) is 3.97. The first-order chi connectivity index (χ1) is 5.61. The lowest BCUT2D eigenvalue weighted by molar-refractivity contribution is -0.127. The molecule has 0 heterocycles. The van der Waals surface area contributed by atoms with Crippen LogP contribution in [0.15, 0.2) is 0 Å². The number of ether oxygens (including phenoxy) is 2. The van der Waals surface area contributed by atoms with Gasteiger partial charge < -0.3 is 9.47 Å². The van der Waals surface area contributed by atoms with Crippen LogP contribution in [0.2, 0.25) is 0 Å². The molecule has 1 atom stereocenters. The van der Waals surface area contributed by atoms with Crippen molar-refractivity contribution in [3.05, 3.63) is 0 Å². The van der Waals surface area contributed by atoms with Crippen molar-refractivity contribution in [2.24, 2.45) is 0 Å². The van der Waals surface area contributed by atoms with Crippen LogP contribution in [0.25, 0.3) is 0 Å². The molecule has 0 radical (unpaired) electrons. The number of Topliss-reactive ketones (excluding diaryl/α,β-unsaturated/α-hetero) is 1. The van der Waals surface area contributed by atoms with Crippen molar-refractivity contribution in [3.8, 4) is 0 Å². The van der Waals surface area contributed by atoms with E-state index in [1.165, 1.54) is 6.92 Å². The molecule has 0 aliphatic rings. The fourth-order valence-electron chi connectivity index (χ4n) is 0.649. The van der Waals surface area contributed by atoms with Gasteiger partial charge in [-0.1, -0.05) is 6.92 Å². The zero-order valence-corrected chi connectivity index (χ0v) is 7.62. The molecule has 4 heteroatoms. The van der Waals surface area contributed by atoms with Crippen LogP contribution in [-0.2, 0) is 14.3 Å². The third-order valence-corrected chi connectivity index (χ3v) is 1.34. The van der Waals surface area contributed by atoms with Gasteiger partial charge in [-0.2, -0.15) is 0 Å². The molecule has 4 nitrogen and oxygen atoms in total. The highest BCUT2D eigenvalue weighted by Gasteiger charge is 2.15. The molecule has 1 unspecified atom stereocenters. The average Bonchev–Trinajstić information content (AvgIpc) is 2.03. The lowest BCUT2D eigenvalue weighted by atomic mass is 10.2. The van der Waals surface area contributed by atoms with Crippen LogP contribution < -0.4 is 0 Å². The summed E-state index contributed by atoms with van der Waals surface area (Å²) in [6.45, 7) is 5.18. The van der Waals surface area contributed by atoms with Crippen molar-refractivity contribution < 1.29 is 19.1 Å². The molecular weight excluding hydrogens is 160 g/mol. The second kappa shape index (κ2) is 5.57. The van der Waals surface area contributed by atoms with Gasteiger partial charge in [-0.3, -0.25) is 4.79 Å². The molecule has 0 bridgehead atoms. The molecule has 0 saturated carbocycles. The van der Waals surface area contributed by atoms with Gasteiger partial charge in [0, 0.05) is 6.42 Å². The molecule has 0 amide bonds. The largest absolute Gasteiger partial charge is 0.508 e. The summed E-state index contributed by atoms with van der Waals surface area (Å²) >= 11 is 0. The number of ketones is 1. The first-order valence-electron chi connectivity index (χ1n) is 3.97. The van der Waals surface area contributed by atoms with Gasteiger partial charge in [-0.25, -0.2) is 4.79 Å². The number of hydrogen-bond donors (Lipinski definition) is 0. The summed E-state index contributed by atoms with van der Waals surface area (Å²) in [5, 5.41) is 0. The Bertz CT molecular complexity index is 164. The maximum Gasteiger partial charge on any atom is 0.508 e. The SMILES string of the molecule is CCOC(=O)OC(C)C(=O)CC. The molecule has 0 N–H and O–H groups in total. The maximum absolute atomic E-state index is 10.9. The second-order valence-electron chi connectivity index (χ2n) is 2.26. The van der Waals surface area contributed by atoms with Gasteiger partial charge in [0.1, 0.15) is 0 Å². The normalized spacial score (nSPS) is 11.9. The standard InChI is InChI=1S/C8H14O4/c1-4-7(9)6(3)12-8(10)11-5-2/h6H,4-5H2,1-3H3. The highest BCUT2D eigenvalue weighted by Crippen LogP contribution is 1.98. The quantitative estimate of drug-likeness (QED) is 0.606. The zero-order valence-electron chi connectivity index (χ0n) is 7.62. The molecule has 0 aliphatic carbocycles. The van der Waals surface area contributed by atoms with Gasteiger partial charge in [0.05, 0.1) is 6.61 Å². The molecule has 12 heavy (non-hydrogen) atoms. The number of carbonyl (C=O) groups is 2. The van der Waals surface area contributed by atoms with E-state index in [0.717, 1.165) is 0 Å². The monoisotopic (exact) mass is 174 g/mol. The highest BCUT2D eigenvalue weighted by molar-refractivity contribution is 5.84. The Balaban J connectivity index is 3.75. The Hall–Kier alpha value is -1.06. The van der Waals surface area contributed by atoms with E-state index in [0.29, 0.717) is 6.42 Å². The average molecular weight is 174 g/mol. The minimum atomic E-state index is -0.785. The van der Waals surface area contributed by atoms with Crippen LogP contribution in [0, 0.1) is 0 Å². The van der Waals surface area contributed by atoms with Crippen LogP contribution in [0.1, 0.15) is 27.2 Å². The number of carbonyl (C=O) groups excluding carboxylic acids is 2. The summed E-state index contributed by atoms with van der Waals surface area (Å²) in [5.74, 6) is -0.108. The molecule has 0 aliphatic heterocycles. The Morgan fingerprint density at radius 2 is 1.92 bits per heavy atom. The third kappa shape index (κ3) is 3.95. The van der Waals surface area contributed by atoms with Gasteiger partial charge in [0.2, 0.25) is 0 Å². The van der Waals surface area contributed by atoms with E-state index in [1.807, 2.05) is 0 Å². The molecule has 0 rings (SSSR count). The number of hydrogen-bond acceptors (Lipinski definition) is 4. The van der Waals surface area contributed by atoms with E-state index in [1.54, 1.807) is 13.8 Å². The maximum atomic E-state index is 10.9. The van der Waals surface area contributed by atoms with E-state index < -0.39 is 12.3 Å². The predicted molar refractivity (Wildman–Crippen MR) is 42.9 cm³/mol. The van der Waals surface area contributed by atoms with Crippen molar-refractivity contribution in [2.75, 3.05) is 6.61 Å². The van der Waals surface area contributed by atoms with Crippen LogP contribution >= 0.6 is 0 Å². The Kier molecular flexibility index (Phi) is 5.08. The highest BCUT2D eigenvalue weighted by atomic mass is 16.7. The summed E-state index contributed by atoms with van der Waals surface area (Å²) < 4.78 is 9.13. The van der Waals surface area contributed by atoms with Crippen LogP contribution in [0.4, 0.5) is 4.79 Å². The van der Waals surface area contributed by atoms with Gasteiger partial charge >= 0.3 is 6.16 Å². The molecular formula is C8H14O4. The lowest BCUT2D eigenvalue weighted by Gasteiger charge is -2.09. The molecule has 0 saturated heterocycles. The predicted octanol–water partition coefficient (Wildman–Crippen LogP) is 1.53. The molecule has 0 spiro atoms.